The van der Waals surface area contributed by atoms with Crippen molar-refractivity contribution in [3.8, 4) is 0 Å². The Labute approximate surface area is 124 Å². The second kappa shape index (κ2) is 6.24. The van der Waals surface area contributed by atoms with Crippen LogP contribution in [0.1, 0.15) is 11.8 Å². The second-order valence-corrected chi connectivity index (χ2v) is 6.96. The molecule has 20 heavy (non-hydrogen) atoms. The van der Waals surface area contributed by atoms with Crippen LogP contribution in [-0.2, 0) is 11.2 Å². The molecule has 0 radical (unpaired) electrons. The van der Waals surface area contributed by atoms with Crippen LogP contribution >= 0.6 is 11.3 Å². The Balaban J connectivity index is 1.40. The van der Waals surface area contributed by atoms with Gasteiger partial charge in [0, 0.05) is 24.0 Å². The summed E-state index contributed by atoms with van der Waals surface area (Å²) in [5, 5.41) is 8.58. The fourth-order valence-electron chi connectivity index (χ4n) is 3.48. The van der Waals surface area contributed by atoms with Crippen molar-refractivity contribution in [1.82, 2.24) is 15.5 Å². The molecule has 1 amide bonds. The van der Waals surface area contributed by atoms with Crippen molar-refractivity contribution in [2.24, 2.45) is 11.8 Å². The molecule has 2 fully saturated rings. The highest BCUT2D eigenvalue weighted by atomic mass is 32.1. The standard InChI is InChI=1S/C15H23N3OS/c1-11-14-8-16-7-12(14)9-18(11)10-15(19)17-5-4-13-3-2-6-20-13/h2-3,6,11-12,14,16H,4-5,7-10H2,1H3,(H,17,19). The molecule has 2 aliphatic heterocycles. The number of thiophene rings is 1. The minimum Gasteiger partial charge on any atom is -0.355 e. The zero-order chi connectivity index (χ0) is 13.9. The highest BCUT2D eigenvalue weighted by Gasteiger charge is 2.41. The summed E-state index contributed by atoms with van der Waals surface area (Å²) in [6.45, 7) is 6.86. The highest BCUT2D eigenvalue weighted by Crippen LogP contribution is 2.31. The van der Waals surface area contributed by atoms with E-state index in [2.05, 4.69) is 40.0 Å². The SMILES string of the molecule is CC1C2CNCC2CN1CC(=O)NCCc1cccs1. The summed E-state index contributed by atoms with van der Waals surface area (Å²) in [6.07, 6.45) is 0.939. The highest BCUT2D eigenvalue weighted by molar-refractivity contribution is 7.09. The maximum Gasteiger partial charge on any atom is 0.234 e. The lowest BCUT2D eigenvalue weighted by atomic mass is 9.95. The molecule has 0 bridgehead atoms. The lowest BCUT2D eigenvalue weighted by molar-refractivity contribution is -0.122. The van der Waals surface area contributed by atoms with Gasteiger partial charge in [-0.25, -0.2) is 0 Å². The molecule has 1 aromatic heterocycles. The van der Waals surface area contributed by atoms with Gasteiger partial charge in [0.05, 0.1) is 6.54 Å². The number of carbonyl (C=O) groups excluding carboxylic acids is 1. The van der Waals surface area contributed by atoms with E-state index >= 15 is 0 Å². The third-order valence-corrected chi connectivity index (χ3v) is 5.61. The van der Waals surface area contributed by atoms with Gasteiger partial charge in [-0.2, -0.15) is 0 Å². The molecule has 3 atom stereocenters. The Bertz CT molecular complexity index is 448. The Morgan fingerprint density at radius 2 is 2.45 bits per heavy atom. The zero-order valence-corrected chi connectivity index (χ0v) is 12.8. The number of hydrogen-bond donors (Lipinski definition) is 2. The van der Waals surface area contributed by atoms with Gasteiger partial charge in [0.2, 0.25) is 5.91 Å². The summed E-state index contributed by atoms with van der Waals surface area (Å²) in [7, 11) is 0. The number of carbonyl (C=O) groups is 1. The molecule has 0 saturated carbocycles. The monoisotopic (exact) mass is 293 g/mol. The average molecular weight is 293 g/mol. The fraction of sp³-hybridized carbons (Fsp3) is 0.667. The Kier molecular flexibility index (Phi) is 4.38. The molecule has 0 aliphatic carbocycles. The summed E-state index contributed by atoms with van der Waals surface area (Å²) in [5.41, 5.74) is 0. The minimum atomic E-state index is 0.168. The Morgan fingerprint density at radius 1 is 1.55 bits per heavy atom. The van der Waals surface area contributed by atoms with Crippen molar-refractivity contribution in [3.05, 3.63) is 22.4 Å². The third kappa shape index (κ3) is 3.05. The van der Waals surface area contributed by atoms with Gasteiger partial charge in [-0.15, -0.1) is 11.3 Å². The molecule has 0 aromatic carbocycles. The molecule has 3 heterocycles. The molecule has 0 spiro atoms. The molecule has 2 N–H and O–H groups in total. The van der Waals surface area contributed by atoms with E-state index in [9.17, 15) is 4.79 Å². The van der Waals surface area contributed by atoms with E-state index in [1.165, 1.54) is 4.88 Å². The van der Waals surface area contributed by atoms with E-state index in [0.29, 0.717) is 12.6 Å². The lowest BCUT2D eigenvalue weighted by Crippen LogP contribution is -2.41. The normalized spacial score (nSPS) is 29.6. The van der Waals surface area contributed by atoms with Gasteiger partial charge >= 0.3 is 0 Å². The summed E-state index contributed by atoms with van der Waals surface area (Å²) in [4.78, 5) is 15.7. The molecule has 3 unspecified atom stereocenters. The quantitative estimate of drug-likeness (QED) is 0.849. The average Bonchev–Trinajstić information content (AvgIpc) is 3.11. The number of amides is 1. The molecule has 110 valence electrons. The topological polar surface area (TPSA) is 44.4 Å². The van der Waals surface area contributed by atoms with Gasteiger partial charge in [-0.3, -0.25) is 9.69 Å². The van der Waals surface area contributed by atoms with Gasteiger partial charge in [-0.05, 0) is 49.7 Å². The molecule has 1 aromatic rings. The lowest BCUT2D eigenvalue weighted by Gasteiger charge is -2.23. The van der Waals surface area contributed by atoms with Crippen molar-refractivity contribution in [3.63, 3.8) is 0 Å². The minimum absolute atomic E-state index is 0.168. The predicted octanol–water partition coefficient (Wildman–Crippen LogP) is 0.947. The fourth-order valence-corrected chi connectivity index (χ4v) is 4.19. The first kappa shape index (κ1) is 14.0. The molecular weight excluding hydrogens is 270 g/mol. The smallest absolute Gasteiger partial charge is 0.234 e. The number of nitrogens with one attached hydrogen (secondary N) is 2. The first-order chi connectivity index (χ1) is 9.74. The van der Waals surface area contributed by atoms with Gasteiger partial charge in [-0.1, -0.05) is 6.07 Å². The van der Waals surface area contributed by atoms with Crippen LogP contribution in [-0.4, -0.2) is 49.6 Å². The van der Waals surface area contributed by atoms with Gasteiger partial charge < -0.3 is 10.6 Å². The maximum absolute atomic E-state index is 12.0. The van der Waals surface area contributed by atoms with Crippen molar-refractivity contribution >= 4 is 17.2 Å². The molecule has 2 aliphatic rings. The zero-order valence-electron chi connectivity index (χ0n) is 12.0. The van der Waals surface area contributed by atoms with Crippen LogP contribution in [0.5, 0.6) is 0 Å². The van der Waals surface area contributed by atoms with E-state index in [0.717, 1.165) is 44.4 Å². The second-order valence-electron chi connectivity index (χ2n) is 5.93. The third-order valence-electron chi connectivity index (χ3n) is 4.68. The van der Waals surface area contributed by atoms with E-state index in [1.807, 2.05) is 0 Å². The maximum atomic E-state index is 12.0. The van der Waals surface area contributed by atoms with Crippen molar-refractivity contribution in [1.29, 1.82) is 0 Å². The molecule has 2 saturated heterocycles. The van der Waals surface area contributed by atoms with Gasteiger partial charge in [0.1, 0.15) is 0 Å². The summed E-state index contributed by atoms with van der Waals surface area (Å²) in [6, 6.07) is 4.70. The van der Waals surface area contributed by atoms with Crippen LogP contribution in [0, 0.1) is 11.8 Å². The van der Waals surface area contributed by atoms with Crippen LogP contribution in [0.3, 0.4) is 0 Å². The van der Waals surface area contributed by atoms with Crippen molar-refractivity contribution in [2.75, 3.05) is 32.7 Å². The van der Waals surface area contributed by atoms with Gasteiger partial charge in [0.15, 0.2) is 0 Å². The van der Waals surface area contributed by atoms with Crippen LogP contribution in [0.25, 0.3) is 0 Å². The number of hydrogen-bond acceptors (Lipinski definition) is 4. The van der Waals surface area contributed by atoms with Crippen LogP contribution in [0.4, 0.5) is 0 Å². The number of fused-ring (bicyclic) bond motifs is 1. The molecule has 3 rings (SSSR count). The number of nitrogens with zero attached hydrogens (tertiary/aromatic N) is 1. The Hall–Kier alpha value is -0.910. The molecular formula is C15H23N3OS. The molecule has 4 nitrogen and oxygen atoms in total. The predicted molar refractivity (Wildman–Crippen MR) is 81.9 cm³/mol. The first-order valence-corrected chi connectivity index (χ1v) is 8.36. The van der Waals surface area contributed by atoms with E-state index in [-0.39, 0.29) is 5.91 Å². The largest absolute Gasteiger partial charge is 0.355 e. The van der Waals surface area contributed by atoms with Crippen molar-refractivity contribution in [2.45, 2.75) is 19.4 Å². The van der Waals surface area contributed by atoms with Crippen molar-refractivity contribution < 1.29 is 4.79 Å². The Morgan fingerprint density at radius 3 is 3.20 bits per heavy atom. The van der Waals surface area contributed by atoms with E-state index < -0.39 is 0 Å². The van der Waals surface area contributed by atoms with E-state index in [1.54, 1.807) is 11.3 Å². The number of rotatable bonds is 5. The van der Waals surface area contributed by atoms with Gasteiger partial charge in [0.25, 0.3) is 0 Å². The first-order valence-electron chi connectivity index (χ1n) is 7.48. The van der Waals surface area contributed by atoms with Crippen LogP contribution in [0.2, 0.25) is 0 Å². The van der Waals surface area contributed by atoms with E-state index in [4.69, 9.17) is 0 Å². The number of likely N-dealkylation sites (tertiary alicyclic amines) is 1. The summed E-state index contributed by atoms with van der Waals surface area (Å²) < 4.78 is 0. The van der Waals surface area contributed by atoms with Crippen LogP contribution in [0.15, 0.2) is 17.5 Å². The molecule has 5 heteroatoms. The summed E-state index contributed by atoms with van der Waals surface area (Å²) in [5.74, 6) is 1.64. The van der Waals surface area contributed by atoms with Crippen LogP contribution < -0.4 is 10.6 Å². The summed E-state index contributed by atoms with van der Waals surface area (Å²) >= 11 is 1.75.